The Morgan fingerprint density at radius 3 is 2.29 bits per heavy atom. The monoisotopic (exact) mass is 564 g/mol. The fourth-order valence-electron chi connectivity index (χ4n) is 4.78. The topological polar surface area (TPSA) is 148 Å². The maximum absolute atomic E-state index is 13.8. The van der Waals surface area contributed by atoms with E-state index in [9.17, 15) is 24.3 Å². The van der Waals surface area contributed by atoms with Crippen LogP contribution in [0.4, 0.5) is 4.79 Å². The predicted octanol–water partition coefficient (Wildman–Crippen LogP) is 2.59. The summed E-state index contributed by atoms with van der Waals surface area (Å²) in [5.74, 6) is -1.69. The second-order valence-corrected chi connectivity index (χ2v) is 9.27. The number of aromatic nitrogens is 1. The third-order valence-corrected chi connectivity index (χ3v) is 6.82. The Bertz CT molecular complexity index is 1450. The number of carboxylic acids is 1. The number of carboxylic acid groups (broad SMARTS) is 1. The largest absolute Gasteiger partial charge is 0.496 e. The van der Waals surface area contributed by atoms with E-state index in [1.807, 2.05) is 12.1 Å². The van der Waals surface area contributed by atoms with E-state index in [1.165, 1.54) is 36.2 Å². The van der Waals surface area contributed by atoms with Crippen LogP contribution in [0.5, 0.6) is 11.5 Å². The number of aromatic carboxylic acids is 1. The van der Waals surface area contributed by atoms with Crippen molar-refractivity contribution in [1.82, 2.24) is 20.1 Å². The highest BCUT2D eigenvalue weighted by molar-refractivity contribution is 6.00. The first-order chi connectivity index (χ1) is 19.8. The van der Waals surface area contributed by atoms with Gasteiger partial charge in [-0.05, 0) is 30.7 Å². The van der Waals surface area contributed by atoms with Crippen molar-refractivity contribution >= 4 is 34.8 Å². The normalized spacial score (nSPS) is 13.8. The number of amides is 3. The standard InChI is InChI=1S/C29H32N4O8/c1-4-41-29(38)33-14-12-32(13-15-33)27(35)22(16-18-8-7-11-23(39-2)25(18)28(36)37)31-26(34)21-17-24(40-3)19-9-5-6-10-20(19)30-21/h5-11,17,22H,4,12-16H2,1-3H3,(H,31,34)(H,36,37). The number of nitrogens with one attached hydrogen (secondary N) is 1. The molecule has 0 bridgehead atoms. The summed E-state index contributed by atoms with van der Waals surface area (Å²) in [5, 5.41) is 13.4. The number of pyridine rings is 1. The van der Waals surface area contributed by atoms with Crippen molar-refractivity contribution in [2.45, 2.75) is 19.4 Å². The zero-order valence-electron chi connectivity index (χ0n) is 23.1. The highest BCUT2D eigenvalue weighted by Crippen LogP contribution is 2.26. The number of hydrogen-bond donors (Lipinski definition) is 2. The lowest BCUT2D eigenvalue weighted by Crippen LogP contribution is -2.56. The van der Waals surface area contributed by atoms with Gasteiger partial charge < -0.3 is 34.4 Å². The van der Waals surface area contributed by atoms with Gasteiger partial charge in [0.1, 0.15) is 28.8 Å². The number of rotatable bonds is 9. The van der Waals surface area contributed by atoms with Crippen molar-refractivity contribution in [1.29, 1.82) is 0 Å². The molecule has 2 N–H and O–H groups in total. The molecular weight excluding hydrogens is 532 g/mol. The molecule has 1 fully saturated rings. The molecule has 0 radical (unpaired) electrons. The van der Waals surface area contributed by atoms with E-state index in [0.717, 1.165) is 5.39 Å². The second-order valence-electron chi connectivity index (χ2n) is 9.27. The predicted molar refractivity (Wildman–Crippen MR) is 148 cm³/mol. The summed E-state index contributed by atoms with van der Waals surface area (Å²) in [7, 11) is 2.85. The highest BCUT2D eigenvalue weighted by atomic mass is 16.6. The van der Waals surface area contributed by atoms with Crippen LogP contribution < -0.4 is 14.8 Å². The Labute approximate surface area is 236 Å². The molecule has 3 amide bonds. The number of carbonyl (C=O) groups is 4. The first-order valence-corrected chi connectivity index (χ1v) is 13.1. The van der Waals surface area contributed by atoms with Gasteiger partial charge in [0.05, 0.1) is 26.3 Å². The molecule has 41 heavy (non-hydrogen) atoms. The maximum atomic E-state index is 13.8. The summed E-state index contributed by atoms with van der Waals surface area (Å²) < 4.78 is 15.8. The minimum atomic E-state index is -1.22. The number of nitrogens with zero attached hydrogens (tertiary/aromatic N) is 3. The highest BCUT2D eigenvalue weighted by Gasteiger charge is 2.32. The quantitative estimate of drug-likeness (QED) is 0.400. The molecule has 3 aromatic rings. The summed E-state index contributed by atoms with van der Waals surface area (Å²) >= 11 is 0. The van der Waals surface area contributed by atoms with Crippen LogP contribution in [-0.2, 0) is 16.0 Å². The molecular formula is C29H32N4O8. The van der Waals surface area contributed by atoms with E-state index in [4.69, 9.17) is 14.2 Å². The molecule has 12 nitrogen and oxygen atoms in total. The molecule has 0 saturated carbocycles. The van der Waals surface area contributed by atoms with Crippen molar-refractivity contribution in [2.75, 3.05) is 47.0 Å². The van der Waals surface area contributed by atoms with Gasteiger partial charge in [0.15, 0.2) is 0 Å². The third-order valence-electron chi connectivity index (χ3n) is 6.82. The smallest absolute Gasteiger partial charge is 0.409 e. The van der Waals surface area contributed by atoms with Gasteiger partial charge in [-0.25, -0.2) is 14.6 Å². The average Bonchev–Trinajstić information content (AvgIpc) is 2.99. The molecule has 4 rings (SSSR count). The molecule has 1 atom stereocenters. The number of para-hydroxylation sites is 1. The van der Waals surface area contributed by atoms with Gasteiger partial charge in [-0.15, -0.1) is 0 Å². The molecule has 0 spiro atoms. The van der Waals surface area contributed by atoms with Gasteiger partial charge in [-0.2, -0.15) is 0 Å². The minimum absolute atomic E-state index is 0.0366. The first-order valence-electron chi connectivity index (χ1n) is 13.1. The summed E-state index contributed by atoms with van der Waals surface area (Å²) in [6.45, 7) is 2.91. The van der Waals surface area contributed by atoms with Crippen LogP contribution in [0, 0.1) is 0 Å². The molecule has 1 saturated heterocycles. The summed E-state index contributed by atoms with van der Waals surface area (Å²) in [6.07, 6.45) is -0.574. The van der Waals surface area contributed by atoms with Crippen LogP contribution in [-0.4, -0.2) is 96.8 Å². The lowest BCUT2D eigenvalue weighted by atomic mass is 9.98. The average molecular weight is 565 g/mol. The van der Waals surface area contributed by atoms with Crippen LogP contribution in [0.25, 0.3) is 10.9 Å². The molecule has 216 valence electrons. The fraction of sp³-hybridized carbons (Fsp3) is 0.345. The summed E-state index contributed by atoms with van der Waals surface area (Å²) in [4.78, 5) is 59.0. The summed E-state index contributed by atoms with van der Waals surface area (Å²) in [6, 6.07) is 12.3. The second kappa shape index (κ2) is 13.0. The first kappa shape index (κ1) is 29.1. The van der Waals surface area contributed by atoms with E-state index < -0.39 is 29.9 Å². The molecule has 1 unspecified atom stereocenters. The minimum Gasteiger partial charge on any atom is -0.496 e. The number of hydrogen-bond acceptors (Lipinski definition) is 8. The van der Waals surface area contributed by atoms with E-state index in [-0.39, 0.29) is 56.2 Å². The zero-order chi connectivity index (χ0) is 29.5. The molecule has 0 aliphatic carbocycles. The number of ether oxygens (including phenoxy) is 3. The fourth-order valence-corrected chi connectivity index (χ4v) is 4.78. The van der Waals surface area contributed by atoms with Crippen LogP contribution >= 0.6 is 0 Å². The number of benzene rings is 2. The van der Waals surface area contributed by atoms with E-state index >= 15 is 0 Å². The van der Waals surface area contributed by atoms with Crippen LogP contribution in [0.3, 0.4) is 0 Å². The molecule has 1 aromatic heterocycles. The Morgan fingerprint density at radius 1 is 0.951 bits per heavy atom. The van der Waals surface area contributed by atoms with Gasteiger partial charge in [0.2, 0.25) is 5.91 Å². The van der Waals surface area contributed by atoms with Crippen molar-refractivity contribution in [2.24, 2.45) is 0 Å². The summed E-state index contributed by atoms with van der Waals surface area (Å²) in [5.41, 5.74) is 0.787. The van der Waals surface area contributed by atoms with E-state index in [1.54, 1.807) is 31.2 Å². The van der Waals surface area contributed by atoms with Gasteiger partial charge in [-0.1, -0.05) is 24.3 Å². The van der Waals surface area contributed by atoms with Crippen LogP contribution in [0.2, 0.25) is 0 Å². The lowest BCUT2D eigenvalue weighted by Gasteiger charge is -2.36. The third kappa shape index (κ3) is 6.48. The SMILES string of the molecule is CCOC(=O)N1CCN(C(=O)C(Cc2cccc(OC)c2C(=O)O)NC(=O)c2cc(OC)c3ccccc3n2)CC1. The molecule has 2 heterocycles. The van der Waals surface area contributed by atoms with Crippen LogP contribution in [0.1, 0.15) is 33.3 Å². The van der Waals surface area contributed by atoms with Crippen molar-refractivity contribution in [3.05, 3.63) is 65.4 Å². The van der Waals surface area contributed by atoms with Gasteiger partial charge in [-0.3, -0.25) is 9.59 Å². The molecule has 12 heteroatoms. The number of piperazine rings is 1. The Balaban J connectivity index is 1.64. The van der Waals surface area contributed by atoms with E-state index in [2.05, 4.69) is 10.3 Å². The Hall–Kier alpha value is -4.87. The van der Waals surface area contributed by atoms with Crippen molar-refractivity contribution in [3.8, 4) is 11.5 Å². The lowest BCUT2D eigenvalue weighted by molar-refractivity contribution is -0.134. The van der Waals surface area contributed by atoms with Crippen molar-refractivity contribution < 1.29 is 38.5 Å². The number of carbonyl (C=O) groups excluding carboxylic acids is 3. The maximum Gasteiger partial charge on any atom is 0.409 e. The number of fused-ring (bicyclic) bond motifs is 1. The van der Waals surface area contributed by atoms with Crippen molar-refractivity contribution in [3.63, 3.8) is 0 Å². The Kier molecular flexibility index (Phi) is 9.23. The number of methoxy groups -OCH3 is 2. The van der Waals surface area contributed by atoms with Crippen LogP contribution in [0.15, 0.2) is 48.5 Å². The Morgan fingerprint density at radius 2 is 1.63 bits per heavy atom. The van der Waals surface area contributed by atoms with E-state index in [0.29, 0.717) is 16.8 Å². The molecule has 1 aliphatic rings. The molecule has 2 aromatic carbocycles. The van der Waals surface area contributed by atoms with Gasteiger partial charge in [0, 0.05) is 44.1 Å². The molecule has 1 aliphatic heterocycles. The zero-order valence-corrected chi connectivity index (χ0v) is 23.1. The van der Waals surface area contributed by atoms with Gasteiger partial charge >= 0.3 is 12.1 Å². The van der Waals surface area contributed by atoms with Gasteiger partial charge in [0.25, 0.3) is 5.91 Å².